The molecule has 0 spiro atoms. The molecule has 1 aromatic rings. The molecule has 1 aliphatic carbocycles. The van der Waals surface area contributed by atoms with Gasteiger partial charge in [0, 0.05) is 24.7 Å². The molecule has 4 heteroatoms. The normalized spacial score (nSPS) is 22.9. The van der Waals surface area contributed by atoms with Crippen molar-refractivity contribution >= 4 is 5.91 Å². The summed E-state index contributed by atoms with van der Waals surface area (Å²) in [6, 6.07) is 7.88. The number of methoxy groups -OCH3 is 1. The fourth-order valence-electron chi connectivity index (χ4n) is 2.59. The minimum atomic E-state index is 0.0723. The van der Waals surface area contributed by atoms with E-state index in [4.69, 9.17) is 10.5 Å². The third kappa shape index (κ3) is 3.26. The van der Waals surface area contributed by atoms with Crippen molar-refractivity contribution in [3.63, 3.8) is 0 Å². The van der Waals surface area contributed by atoms with E-state index in [-0.39, 0.29) is 5.91 Å². The van der Waals surface area contributed by atoms with Gasteiger partial charge in [-0.3, -0.25) is 4.79 Å². The van der Waals surface area contributed by atoms with Gasteiger partial charge in [-0.2, -0.15) is 0 Å². The van der Waals surface area contributed by atoms with Crippen LogP contribution in [0.5, 0.6) is 5.75 Å². The van der Waals surface area contributed by atoms with Crippen LogP contribution >= 0.6 is 0 Å². The predicted molar refractivity (Wildman–Crippen MR) is 75.3 cm³/mol. The van der Waals surface area contributed by atoms with Crippen LogP contribution in [0.1, 0.15) is 36.0 Å². The maximum Gasteiger partial charge on any atom is 0.253 e. The molecule has 4 nitrogen and oxygen atoms in total. The number of hydrogen-bond donors (Lipinski definition) is 1. The smallest absolute Gasteiger partial charge is 0.253 e. The lowest BCUT2D eigenvalue weighted by Crippen LogP contribution is -2.41. The lowest BCUT2D eigenvalue weighted by Gasteiger charge is -2.33. The van der Waals surface area contributed by atoms with Gasteiger partial charge in [-0.15, -0.1) is 0 Å². The average molecular weight is 262 g/mol. The largest absolute Gasteiger partial charge is 0.497 e. The summed E-state index contributed by atoms with van der Waals surface area (Å²) in [5.41, 5.74) is 6.61. The van der Waals surface area contributed by atoms with Gasteiger partial charge in [-0.25, -0.2) is 0 Å². The summed E-state index contributed by atoms with van der Waals surface area (Å²) >= 11 is 0. The van der Waals surface area contributed by atoms with Crippen LogP contribution in [0.2, 0.25) is 0 Å². The number of nitrogens with zero attached hydrogens (tertiary/aromatic N) is 1. The van der Waals surface area contributed by atoms with Crippen LogP contribution in [0.25, 0.3) is 0 Å². The Morgan fingerprint density at radius 2 is 1.79 bits per heavy atom. The summed E-state index contributed by atoms with van der Waals surface area (Å²) in [6.45, 7) is 0. The first kappa shape index (κ1) is 13.9. The Morgan fingerprint density at radius 3 is 2.32 bits per heavy atom. The molecule has 2 rings (SSSR count). The highest BCUT2D eigenvalue weighted by molar-refractivity contribution is 5.94. The van der Waals surface area contributed by atoms with Gasteiger partial charge < -0.3 is 15.4 Å². The standard InChI is InChI=1S/C15H22N2O2/c1-17(13-7-5-12(16)6-8-13)15(18)11-3-9-14(19-2)10-4-11/h3-4,9-10,12-13H,5-8,16H2,1-2H3. The van der Waals surface area contributed by atoms with Crippen LogP contribution in [0.4, 0.5) is 0 Å². The van der Waals surface area contributed by atoms with Crippen molar-refractivity contribution in [3.8, 4) is 5.75 Å². The zero-order valence-corrected chi connectivity index (χ0v) is 11.6. The fraction of sp³-hybridized carbons (Fsp3) is 0.533. The van der Waals surface area contributed by atoms with Crippen LogP contribution in [-0.2, 0) is 0 Å². The van der Waals surface area contributed by atoms with Crippen molar-refractivity contribution in [3.05, 3.63) is 29.8 Å². The maximum atomic E-state index is 12.4. The van der Waals surface area contributed by atoms with E-state index >= 15 is 0 Å². The lowest BCUT2D eigenvalue weighted by atomic mass is 9.90. The Balaban J connectivity index is 2.01. The number of benzene rings is 1. The van der Waals surface area contributed by atoms with Crippen molar-refractivity contribution in [1.29, 1.82) is 0 Å². The zero-order valence-electron chi connectivity index (χ0n) is 11.6. The summed E-state index contributed by atoms with van der Waals surface area (Å²) in [5, 5.41) is 0. The number of ether oxygens (including phenoxy) is 1. The number of hydrogen-bond acceptors (Lipinski definition) is 3. The molecule has 1 aliphatic rings. The number of carbonyl (C=O) groups is 1. The molecule has 2 N–H and O–H groups in total. The van der Waals surface area contributed by atoms with E-state index in [9.17, 15) is 4.79 Å². The Morgan fingerprint density at radius 1 is 1.21 bits per heavy atom. The van der Waals surface area contributed by atoms with Gasteiger partial charge in [0.1, 0.15) is 5.75 Å². The summed E-state index contributed by atoms with van der Waals surface area (Å²) in [5.74, 6) is 0.839. The molecule has 1 saturated carbocycles. The molecule has 0 aromatic heterocycles. The predicted octanol–water partition coefficient (Wildman–Crippen LogP) is 2.04. The van der Waals surface area contributed by atoms with Crippen LogP contribution in [0, 0.1) is 0 Å². The third-order valence-electron chi connectivity index (χ3n) is 3.95. The Labute approximate surface area is 114 Å². The van der Waals surface area contributed by atoms with Gasteiger partial charge >= 0.3 is 0 Å². The van der Waals surface area contributed by atoms with Crippen molar-refractivity contribution in [1.82, 2.24) is 4.90 Å². The minimum absolute atomic E-state index is 0.0723. The van der Waals surface area contributed by atoms with E-state index in [0.717, 1.165) is 31.4 Å². The highest BCUT2D eigenvalue weighted by atomic mass is 16.5. The molecule has 0 bridgehead atoms. The van der Waals surface area contributed by atoms with E-state index in [0.29, 0.717) is 17.6 Å². The monoisotopic (exact) mass is 262 g/mol. The van der Waals surface area contributed by atoms with Crippen LogP contribution in [-0.4, -0.2) is 37.0 Å². The number of carbonyl (C=O) groups excluding carboxylic acids is 1. The molecular formula is C15H22N2O2. The molecular weight excluding hydrogens is 240 g/mol. The van der Waals surface area contributed by atoms with Crippen molar-refractivity contribution < 1.29 is 9.53 Å². The van der Waals surface area contributed by atoms with Crippen LogP contribution in [0.3, 0.4) is 0 Å². The quantitative estimate of drug-likeness (QED) is 0.907. The van der Waals surface area contributed by atoms with Crippen molar-refractivity contribution in [2.45, 2.75) is 37.8 Å². The molecule has 0 unspecified atom stereocenters. The number of amides is 1. The highest BCUT2D eigenvalue weighted by Crippen LogP contribution is 2.23. The topological polar surface area (TPSA) is 55.6 Å². The lowest BCUT2D eigenvalue weighted by molar-refractivity contribution is 0.0690. The van der Waals surface area contributed by atoms with E-state index in [1.807, 2.05) is 36.2 Å². The molecule has 0 heterocycles. The minimum Gasteiger partial charge on any atom is -0.497 e. The molecule has 19 heavy (non-hydrogen) atoms. The first-order chi connectivity index (χ1) is 9.11. The number of rotatable bonds is 3. The fourth-order valence-corrected chi connectivity index (χ4v) is 2.59. The Kier molecular flexibility index (Phi) is 4.43. The maximum absolute atomic E-state index is 12.4. The van der Waals surface area contributed by atoms with Gasteiger partial charge in [0.05, 0.1) is 7.11 Å². The van der Waals surface area contributed by atoms with Gasteiger partial charge in [0.2, 0.25) is 0 Å². The second-order valence-electron chi connectivity index (χ2n) is 5.21. The van der Waals surface area contributed by atoms with Crippen molar-refractivity contribution in [2.24, 2.45) is 5.73 Å². The SMILES string of the molecule is COc1ccc(C(=O)N(C)C2CCC(N)CC2)cc1. The van der Waals surface area contributed by atoms with Gasteiger partial charge in [0.25, 0.3) is 5.91 Å². The zero-order chi connectivity index (χ0) is 13.8. The number of nitrogens with two attached hydrogens (primary N) is 1. The molecule has 0 atom stereocenters. The Bertz CT molecular complexity index is 422. The molecule has 0 saturated heterocycles. The van der Waals surface area contributed by atoms with Gasteiger partial charge in [0.15, 0.2) is 0 Å². The molecule has 104 valence electrons. The highest BCUT2D eigenvalue weighted by Gasteiger charge is 2.25. The molecule has 1 amide bonds. The van der Waals surface area contributed by atoms with E-state index in [1.54, 1.807) is 7.11 Å². The third-order valence-corrected chi connectivity index (χ3v) is 3.95. The first-order valence-corrected chi connectivity index (χ1v) is 6.78. The molecule has 1 aromatic carbocycles. The van der Waals surface area contributed by atoms with E-state index < -0.39 is 0 Å². The molecule has 0 aliphatic heterocycles. The Hall–Kier alpha value is -1.55. The van der Waals surface area contributed by atoms with Crippen LogP contribution < -0.4 is 10.5 Å². The summed E-state index contributed by atoms with van der Waals surface area (Å²) < 4.78 is 5.10. The van der Waals surface area contributed by atoms with Gasteiger partial charge in [-0.1, -0.05) is 0 Å². The molecule has 1 fully saturated rings. The summed E-state index contributed by atoms with van der Waals surface area (Å²) in [4.78, 5) is 14.2. The van der Waals surface area contributed by atoms with E-state index in [1.165, 1.54) is 0 Å². The average Bonchev–Trinajstić information content (AvgIpc) is 2.46. The molecule has 0 radical (unpaired) electrons. The summed E-state index contributed by atoms with van der Waals surface area (Å²) in [7, 11) is 3.50. The second kappa shape index (κ2) is 6.06. The van der Waals surface area contributed by atoms with Gasteiger partial charge in [-0.05, 0) is 49.9 Å². The summed E-state index contributed by atoms with van der Waals surface area (Å²) in [6.07, 6.45) is 4.01. The van der Waals surface area contributed by atoms with Crippen molar-refractivity contribution in [2.75, 3.05) is 14.2 Å². The van der Waals surface area contributed by atoms with E-state index in [2.05, 4.69) is 0 Å². The van der Waals surface area contributed by atoms with Crippen LogP contribution in [0.15, 0.2) is 24.3 Å². The first-order valence-electron chi connectivity index (χ1n) is 6.78. The second-order valence-corrected chi connectivity index (χ2v) is 5.21.